The van der Waals surface area contributed by atoms with Crippen molar-refractivity contribution in [3.8, 4) is 0 Å². The first-order valence-electron chi connectivity index (χ1n) is 7.82. The molecule has 0 amide bonds. The van der Waals surface area contributed by atoms with Crippen LogP contribution in [-0.4, -0.2) is 45.2 Å². The van der Waals surface area contributed by atoms with Gasteiger partial charge in [-0.3, -0.25) is 9.98 Å². The Morgan fingerprint density at radius 3 is 3.10 bits per heavy atom. The molecule has 1 aliphatic carbocycles. The number of hydrogen-bond donors (Lipinski definition) is 1. The molecule has 0 radical (unpaired) electrons. The quantitative estimate of drug-likeness (QED) is 0.848. The molecule has 0 saturated heterocycles. The van der Waals surface area contributed by atoms with E-state index in [2.05, 4.69) is 29.5 Å². The summed E-state index contributed by atoms with van der Waals surface area (Å²) in [6, 6.07) is 1.18. The van der Waals surface area contributed by atoms with Crippen molar-refractivity contribution in [2.45, 2.75) is 57.2 Å². The third kappa shape index (κ3) is 2.61. The van der Waals surface area contributed by atoms with Gasteiger partial charge in [-0.05, 0) is 32.1 Å². The van der Waals surface area contributed by atoms with Gasteiger partial charge in [-0.15, -0.1) is 0 Å². The molecule has 2 unspecified atom stereocenters. The van der Waals surface area contributed by atoms with Crippen molar-refractivity contribution in [2.24, 2.45) is 9.98 Å². The Morgan fingerprint density at radius 2 is 2.29 bits per heavy atom. The number of hydrogen-bond acceptors (Lipinski definition) is 6. The molecule has 21 heavy (non-hydrogen) atoms. The number of thioether (sulfide) groups is 2. The van der Waals surface area contributed by atoms with E-state index in [1.54, 1.807) is 0 Å². The summed E-state index contributed by atoms with van der Waals surface area (Å²) in [7, 11) is 0. The highest BCUT2D eigenvalue weighted by molar-refractivity contribution is 8.17. The van der Waals surface area contributed by atoms with Gasteiger partial charge in [0, 0.05) is 18.0 Å². The third-order valence-electron chi connectivity index (χ3n) is 4.55. The highest BCUT2D eigenvalue weighted by Gasteiger charge is 2.41. The van der Waals surface area contributed by atoms with Crippen molar-refractivity contribution in [2.75, 3.05) is 12.3 Å². The highest BCUT2D eigenvalue weighted by Crippen LogP contribution is 2.41. The molecule has 3 heterocycles. The van der Waals surface area contributed by atoms with Crippen LogP contribution in [0.25, 0.3) is 0 Å². The van der Waals surface area contributed by atoms with E-state index >= 15 is 0 Å². The fourth-order valence-corrected chi connectivity index (χ4v) is 5.56. The maximum Gasteiger partial charge on any atom is 0.168 e. The largest absolute Gasteiger partial charge is 0.362 e. The maximum atomic E-state index is 4.92. The molecule has 4 nitrogen and oxygen atoms in total. The molecule has 1 fully saturated rings. The predicted octanol–water partition coefficient (Wildman–Crippen LogP) is 3.03. The van der Waals surface area contributed by atoms with Crippen molar-refractivity contribution < 1.29 is 0 Å². The highest BCUT2D eigenvalue weighted by atomic mass is 32.2. The predicted molar refractivity (Wildman–Crippen MR) is 93.0 cm³/mol. The molecule has 0 spiro atoms. The molecule has 0 aromatic carbocycles. The van der Waals surface area contributed by atoms with E-state index in [1.165, 1.54) is 36.5 Å². The first-order chi connectivity index (χ1) is 10.1. The zero-order valence-electron chi connectivity index (χ0n) is 12.6. The van der Waals surface area contributed by atoms with Crippen LogP contribution in [0.4, 0.5) is 0 Å². The Kier molecular flexibility index (Phi) is 3.49. The van der Waals surface area contributed by atoms with E-state index in [-0.39, 0.29) is 5.54 Å². The van der Waals surface area contributed by atoms with Crippen molar-refractivity contribution in [1.82, 2.24) is 10.2 Å². The molecule has 0 aromatic heterocycles. The molecule has 0 aromatic rings. The number of fused-ring (bicyclic) bond motifs is 3. The summed E-state index contributed by atoms with van der Waals surface area (Å²) < 4.78 is 0. The fourth-order valence-electron chi connectivity index (χ4n) is 3.46. The second-order valence-electron chi connectivity index (χ2n) is 6.80. The Labute approximate surface area is 134 Å². The van der Waals surface area contributed by atoms with Gasteiger partial charge in [0.25, 0.3) is 0 Å². The van der Waals surface area contributed by atoms with E-state index in [9.17, 15) is 0 Å². The van der Waals surface area contributed by atoms with Gasteiger partial charge in [0.1, 0.15) is 0 Å². The van der Waals surface area contributed by atoms with E-state index in [0.717, 1.165) is 17.5 Å². The van der Waals surface area contributed by atoms with E-state index in [4.69, 9.17) is 9.98 Å². The molecule has 4 rings (SSSR count). The van der Waals surface area contributed by atoms with Crippen molar-refractivity contribution >= 4 is 33.9 Å². The van der Waals surface area contributed by atoms with E-state index in [0.29, 0.717) is 12.1 Å². The third-order valence-corrected chi connectivity index (χ3v) is 6.40. The Hall–Kier alpha value is -0.620. The molecular formula is C15H22N4S2. The van der Waals surface area contributed by atoms with Gasteiger partial charge in [-0.25, -0.2) is 0 Å². The lowest BCUT2D eigenvalue weighted by atomic mass is 9.91. The van der Waals surface area contributed by atoms with Crippen LogP contribution in [0.3, 0.4) is 0 Å². The van der Waals surface area contributed by atoms with Crippen molar-refractivity contribution in [3.05, 3.63) is 11.1 Å². The molecule has 1 N–H and O–H groups in total. The van der Waals surface area contributed by atoms with Crippen LogP contribution >= 0.6 is 23.5 Å². The molecule has 114 valence electrons. The summed E-state index contributed by atoms with van der Waals surface area (Å²) in [5, 5.41) is 8.04. The zero-order valence-corrected chi connectivity index (χ0v) is 14.3. The van der Waals surface area contributed by atoms with Crippen LogP contribution in [0, 0.1) is 0 Å². The van der Waals surface area contributed by atoms with Crippen LogP contribution in [0.5, 0.6) is 0 Å². The Balaban J connectivity index is 1.42. The minimum absolute atomic E-state index is 0.0515. The molecule has 0 bridgehead atoms. The van der Waals surface area contributed by atoms with Gasteiger partial charge in [0.15, 0.2) is 10.3 Å². The first kappa shape index (κ1) is 14.0. The average Bonchev–Trinajstić information content (AvgIpc) is 3.10. The minimum Gasteiger partial charge on any atom is -0.362 e. The number of rotatable bonds is 2. The van der Waals surface area contributed by atoms with Gasteiger partial charge in [0.2, 0.25) is 0 Å². The molecular weight excluding hydrogens is 300 g/mol. The second-order valence-corrected chi connectivity index (χ2v) is 8.60. The van der Waals surface area contributed by atoms with Gasteiger partial charge in [-0.1, -0.05) is 36.4 Å². The fraction of sp³-hybridized carbons (Fsp3) is 0.733. The van der Waals surface area contributed by atoms with Crippen molar-refractivity contribution in [3.63, 3.8) is 0 Å². The lowest BCUT2D eigenvalue weighted by Gasteiger charge is -2.31. The van der Waals surface area contributed by atoms with Gasteiger partial charge in [0.05, 0.1) is 17.6 Å². The van der Waals surface area contributed by atoms with Gasteiger partial charge >= 0.3 is 0 Å². The van der Waals surface area contributed by atoms with E-state index in [1.807, 2.05) is 23.5 Å². The lowest BCUT2D eigenvalue weighted by molar-refractivity contribution is 0.285. The number of aliphatic imine (C=N–C) groups is 2. The minimum atomic E-state index is 0.0515. The number of nitrogens with zero attached hydrogens (tertiary/aromatic N) is 3. The monoisotopic (exact) mass is 322 g/mol. The summed E-state index contributed by atoms with van der Waals surface area (Å²) in [5.41, 5.74) is 1.47. The second kappa shape index (κ2) is 5.23. The molecule has 6 heteroatoms. The van der Waals surface area contributed by atoms with Gasteiger partial charge < -0.3 is 10.2 Å². The smallest absolute Gasteiger partial charge is 0.168 e. The standard InChI is InChI=1S/C15H22N4S2/c1-15(2)9-16-13(18-15)20-7-10-8-21-14-17-11-5-3-4-6-12(11)19(10)14/h8,11-12H,3-7,9H2,1-2H3,(H,16,18). The van der Waals surface area contributed by atoms with Crippen LogP contribution in [0.2, 0.25) is 0 Å². The van der Waals surface area contributed by atoms with Crippen molar-refractivity contribution in [1.29, 1.82) is 0 Å². The molecule has 2 atom stereocenters. The number of amidine groups is 2. The van der Waals surface area contributed by atoms with E-state index < -0.39 is 0 Å². The zero-order chi connectivity index (χ0) is 14.4. The Bertz CT molecular complexity index is 538. The SMILES string of the molecule is CC1(C)CNC(SCC2=CSC3=NC4CCCCC4N23)=N1. The Morgan fingerprint density at radius 1 is 1.43 bits per heavy atom. The maximum absolute atomic E-state index is 4.92. The summed E-state index contributed by atoms with van der Waals surface area (Å²) >= 11 is 3.64. The first-order valence-corrected chi connectivity index (χ1v) is 9.68. The number of nitrogens with one attached hydrogen (secondary N) is 1. The summed E-state index contributed by atoms with van der Waals surface area (Å²) in [4.78, 5) is 12.2. The molecule has 3 aliphatic heterocycles. The summed E-state index contributed by atoms with van der Waals surface area (Å²) in [6.07, 6.45) is 5.27. The van der Waals surface area contributed by atoms with Crippen LogP contribution < -0.4 is 5.32 Å². The van der Waals surface area contributed by atoms with Crippen LogP contribution in [0.1, 0.15) is 39.5 Å². The molecule has 1 saturated carbocycles. The van der Waals surface area contributed by atoms with Gasteiger partial charge in [-0.2, -0.15) is 0 Å². The lowest BCUT2D eigenvalue weighted by Crippen LogP contribution is -2.39. The average molecular weight is 323 g/mol. The van der Waals surface area contributed by atoms with Crippen LogP contribution in [0.15, 0.2) is 21.1 Å². The topological polar surface area (TPSA) is 40.0 Å². The van der Waals surface area contributed by atoms with Crippen LogP contribution in [-0.2, 0) is 0 Å². The summed E-state index contributed by atoms with van der Waals surface area (Å²) in [6.45, 7) is 5.30. The summed E-state index contributed by atoms with van der Waals surface area (Å²) in [5.74, 6) is 0.997. The molecule has 4 aliphatic rings. The normalized spacial score (nSPS) is 33.0.